The number of amides is 4. The van der Waals surface area contributed by atoms with Crippen LogP contribution in [-0.4, -0.2) is 37.0 Å². The highest BCUT2D eigenvalue weighted by Crippen LogP contribution is 2.33. The summed E-state index contributed by atoms with van der Waals surface area (Å²) < 4.78 is 13.1. The maximum atomic E-state index is 13.1. The van der Waals surface area contributed by atoms with Crippen LogP contribution in [0.25, 0.3) is 0 Å². The number of halogens is 1. The number of carbonyl (C=O) groups is 3. The summed E-state index contributed by atoms with van der Waals surface area (Å²) >= 11 is 0. The molecular formula is C24H27FN4O3. The lowest BCUT2D eigenvalue weighted by atomic mass is 10.1. The van der Waals surface area contributed by atoms with Crippen LogP contribution in [-0.2, 0) is 9.59 Å². The largest absolute Gasteiger partial charge is 0.352 e. The number of benzene rings is 2. The van der Waals surface area contributed by atoms with E-state index in [0.29, 0.717) is 17.1 Å². The predicted octanol–water partition coefficient (Wildman–Crippen LogP) is 4.05. The second-order valence-electron chi connectivity index (χ2n) is 8.25. The Balaban J connectivity index is 1.47. The minimum absolute atomic E-state index is 0.0836. The molecule has 1 aliphatic heterocycles. The third-order valence-corrected chi connectivity index (χ3v) is 5.92. The third kappa shape index (κ3) is 5.07. The van der Waals surface area contributed by atoms with E-state index in [1.807, 2.05) is 0 Å². The quantitative estimate of drug-likeness (QED) is 0.707. The van der Waals surface area contributed by atoms with E-state index in [4.69, 9.17) is 0 Å². The van der Waals surface area contributed by atoms with Gasteiger partial charge in [0.15, 0.2) is 0 Å². The fourth-order valence-corrected chi connectivity index (χ4v) is 4.28. The molecule has 4 rings (SSSR count). The van der Waals surface area contributed by atoms with Crippen molar-refractivity contribution in [2.75, 3.05) is 28.2 Å². The van der Waals surface area contributed by atoms with Crippen molar-refractivity contribution in [1.29, 1.82) is 0 Å². The van der Waals surface area contributed by atoms with Gasteiger partial charge in [0.05, 0.1) is 11.4 Å². The lowest BCUT2D eigenvalue weighted by Gasteiger charge is -2.36. The van der Waals surface area contributed by atoms with Crippen molar-refractivity contribution in [1.82, 2.24) is 5.32 Å². The zero-order valence-corrected chi connectivity index (χ0v) is 17.9. The molecule has 8 heteroatoms. The van der Waals surface area contributed by atoms with E-state index in [1.165, 1.54) is 46.9 Å². The molecule has 2 aromatic rings. The number of anilines is 3. The Bertz CT molecular complexity index is 987. The van der Waals surface area contributed by atoms with Crippen LogP contribution in [0.15, 0.2) is 48.5 Å². The summed E-state index contributed by atoms with van der Waals surface area (Å²) in [6.45, 7) is -0.277. The first-order valence-electron chi connectivity index (χ1n) is 11.0. The van der Waals surface area contributed by atoms with E-state index in [9.17, 15) is 18.8 Å². The first kappa shape index (κ1) is 21.8. The van der Waals surface area contributed by atoms with Gasteiger partial charge in [0.1, 0.15) is 18.9 Å². The zero-order valence-electron chi connectivity index (χ0n) is 17.9. The van der Waals surface area contributed by atoms with E-state index in [-0.39, 0.29) is 30.9 Å². The second-order valence-corrected chi connectivity index (χ2v) is 8.25. The van der Waals surface area contributed by atoms with Gasteiger partial charge >= 0.3 is 6.03 Å². The first-order chi connectivity index (χ1) is 15.5. The molecule has 7 nitrogen and oxygen atoms in total. The summed E-state index contributed by atoms with van der Waals surface area (Å²) in [5.41, 5.74) is 1.47. The molecule has 0 aromatic heterocycles. The molecular weight excluding hydrogens is 411 g/mol. The number of hydrogen-bond donors (Lipinski definition) is 2. The highest BCUT2D eigenvalue weighted by Gasteiger charge is 2.33. The van der Waals surface area contributed by atoms with Crippen molar-refractivity contribution in [3.05, 3.63) is 54.3 Å². The van der Waals surface area contributed by atoms with Crippen LogP contribution < -0.4 is 20.4 Å². The van der Waals surface area contributed by atoms with Gasteiger partial charge in [0.25, 0.3) is 0 Å². The molecule has 32 heavy (non-hydrogen) atoms. The number of nitrogens with zero attached hydrogens (tertiary/aromatic N) is 2. The summed E-state index contributed by atoms with van der Waals surface area (Å²) in [4.78, 5) is 41.3. The monoisotopic (exact) mass is 438 g/mol. The molecule has 2 aliphatic rings. The second kappa shape index (κ2) is 9.80. The molecule has 0 spiro atoms. The molecule has 1 aliphatic carbocycles. The number of carbonyl (C=O) groups excluding carboxylic acids is 3. The van der Waals surface area contributed by atoms with Crippen LogP contribution in [0, 0.1) is 5.82 Å². The van der Waals surface area contributed by atoms with E-state index < -0.39 is 11.8 Å². The molecule has 2 aromatic carbocycles. The smallest absolute Gasteiger partial charge is 0.326 e. The third-order valence-electron chi connectivity index (χ3n) is 5.92. The number of urea groups is 1. The minimum Gasteiger partial charge on any atom is -0.352 e. The Kier molecular flexibility index (Phi) is 6.68. The van der Waals surface area contributed by atoms with Crippen LogP contribution in [0.2, 0.25) is 0 Å². The topological polar surface area (TPSA) is 81.8 Å². The molecule has 1 heterocycles. The van der Waals surface area contributed by atoms with Crippen LogP contribution >= 0.6 is 0 Å². The minimum atomic E-state index is -0.500. The van der Waals surface area contributed by atoms with Crippen LogP contribution in [0.4, 0.5) is 26.2 Å². The van der Waals surface area contributed by atoms with Crippen LogP contribution in [0.1, 0.15) is 38.5 Å². The molecule has 0 radical (unpaired) electrons. The highest BCUT2D eigenvalue weighted by molar-refractivity contribution is 6.15. The zero-order chi connectivity index (χ0) is 22.5. The fourth-order valence-electron chi connectivity index (χ4n) is 4.28. The lowest BCUT2D eigenvalue weighted by molar-refractivity contribution is -0.123. The van der Waals surface area contributed by atoms with Gasteiger partial charge in [-0.05, 0) is 49.2 Å². The van der Waals surface area contributed by atoms with E-state index in [2.05, 4.69) is 10.6 Å². The average Bonchev–Trinajstić information content (AvgIpc) is 3.05. The van der Waals surface area contributed by atoms with Gasteiger partial charge in [-0.2, -0.15) is 0 Å². The molecule has 4 amide bonds. The van der Waals surface area contributed by atoms with Gasteiger partial charge in [0, 0.05) is 11.7 Å². The van der Waals surface area contributed by atoms with Gasteiger partial charge in [-0.3, -0.25) is 19.4 Å². The van der Waals surface area contributed by atoms with Crippen molar-refractivity contribution in [2.24, 2.45) is 0 Å². The Morgan fingerprint density at radius 3 is 2.28 bits per heavy atom. The summed E-state index contributed by atoms with van der Waals surface area (Å²) in [6.07, 6.45) is 6.53. The fraction of sp³-hybridized carbons (Fsp3) is 0.375. The molecule has 1 saturated carbocycles. The molecule has 0 atom stereocenters. The van der Waals surface area contributed by atoms with Crippen LogP contribution in [0.5, 0.6) is 0 Å². The summed E-state index contributed by atoms with van der Waals surface area (Å²) in [7, 11) is 0. The van der Waals surface area contributed by atoms with E-state index in [1.54, 1.807) is 24.3 Å². The standard InChI is InChI=1S/C24H27FN4O3/c25-17-11-13-19(14-12-17)27-24(32)29-16-23(31)28(20-9-5-6-10-21(20)29)15-22(30)26-18-7-3-1-2-4-8-18/h5-6,9-14,18H,1-4,7-8,15-16H2,(H,26,30)(H,27,32). The molecule has 2 N–H and O–H groups in total. The molecule has 0 unspecified atom stereocenters. The molecule has 1 fully saturated rings. The van der Waals surface area contributed by atoms with Gasteiger partial charge in [0.2, 0.25) is 11.8 Å². The van der Waals surface area contributed by atoms with Crippen molar-refractivity contribution in [2.45, 2.75) is 44.6 Å². The summed E-state index contributed by atoms with van der Waals surface area (Å²) in [5, 5.41) is 5.76. The maximum absolute atomic E-state index is 13.1. The van der Waals surface area contributed by atoms with Gasteiger partial charge < -0.3 is 10.6 Å². The van der Waals surface area contributed by atoms with E-state index >= 15 is 0 Å². The Hall–Kier alpha value is -3.42. The molecule has 0 bridgehead atoms. The number of rotatable bonds is 4. The predicted molar refractivity (Wildman–Crippen MR) is 121 cm³/mol. The highest BCUT2D eigenvalue weighted by atomic mass is 19.1. The van der Waals surface area contributed by atoms with Gasteiger partial charge in [-0.15, -0.1) is 0 Å². The van der Waals surface area contributed by atoms with Crippen molar-refractivity contribution in [3.63, 3.8) is 0 Å². The summed E-state index contributed by atoms with van der Waals surface area (Å²) in [5.74, 6) is -0.933. The van der Waals surface area contributed by atoms with Crippen molar-refractivity contribution in [3.8, 4) is 0 Å². The number of hydrogen-bond acceptors (Lipinski definition) is 3. The molecule has 0 saturated heterocycles. The normalized spacial score (nSPS) is 16.8. The Morgan fingerprint density at radius 2 is 1.59 bits per heavy atom. The lowest BCUT2D eigenvalue weighted by Crippen LogP contribution is -2.52. The SMILES string of the molecule is O=C(CN1C(=O)CN(C(=O)Nc2ccc(F)cc2)c2ccccc21)NC1CCCCCC1. The van der Waals surface area contributed by atoms with Crippen molar-refractivity contribution < 1.29 is 18.8 Å². The van der Waals surface area contributed by atoms with Crippen molar-refractivity contribution >= 4 is 34.9 Å². The first-order valence-corrected chi connectivity index (χ1v) is 11.0. The van der Waals surface area contributed by atoms with Gasteiger partial charge in [-0.1, -0.05) is 37.8 Å². The van der Waals surface area contributed by atoms with Gasteiger partial charge in [-0.25, -0.2) is 9.18 Å². The maximum Gasteiger partial charge on any atom is 0.326 e. The average molecular weight is 439 g/mol. The Morgan fingerprint density at radius 1 is 0.938 bits per heavy atom. The number of para-hydroxylation sites is 2. The molecule has 168 valence electrons. The summed E-state index contributed by atoms with van der Waals surface area (Å²) in [6, 6.07) is 12.1. The Labute approximate surface area is 186 Å². The van der Waals surface area contributed by atoms with E-state index in [0.717, 1.165) is 25.7 Å². The number of nitrogens with one attached hydrogen (secondary N) is 2. The number of fused-ring (bicyclic) bond motifs is 1. The van der Waals surface area contributed by atoms with Crippen LogP contribution in [0.3, 0.4) is 0 Å².